The van der Waals surface area contributed by atoms with Crippen LogP contribution in [-0.4, -0.2) is 19.0 Å². The molecule has 2 aromatic carbocycles. The molecule has 0 heterocycles. The minimum absolute atomic E-state index is 0.137. The molecule has 0 spiro atoms. The van der Waals surface area contributed by atoms with Crippen LogP contribution in [0.3, 0.4) is 0 Å². The van der Waals surface area contributed by atoms with Crippen LogP contribution in [0, 0.1) is 6.92 Å². The van der Waals surface area contributed by atoms with Crippen LogP contribution in [0.2, 0.25) is 5.02 Å². The van der Waals surface area contributed by atoms with E-state index in [9.17, 15) is 0 Å². The molecule has 0 aromatic heterocycles. The van der Waals surface area contributed by atoms with Crippen molar-refractivity contribution in [1.29, 1.82) is 0 Å². The summed E-state index contributed by atoms with van der Waals surface area (Å²) in [5, 5.41) is 0.727. The van der Waals surface area contributed by atoms with E-state index >= 15 is 0 Å². The van der Waals surface area contributed by atoms with Gasteiger partial charge in [0.15, 0.2) is 0 Å². The van der Waals surface area contributed by atoms with Crippen LogP contribution in [0.25, 0.3) is 0 Å². The zero-order valence-corrected chi connectivity index (χ0v) is 13.0. The first kappa shape index (κ1) is 15.0. The number of halogens is 1. The van der Waals surface area contributed by atoms with Crippen LogP contribution in [0.5, 0.6) is 0 Å². The summed E-state index contributed by atoms with van der Waals surface area (Å²) in [6.45, 7) is 3.00. The SMILES string of the molecule is Cc1ccc(Cl)cc1C(N)c1ccc(CN(C)C)cc1. The van der Waals surface area contributed by atoms with Gasteiger partial charge < -0.3 is 10.6 Å². The molecule has 3 heteroatoms. The van der Waals surface area contributed by atoms with Gasteiger partial charge in [0.2, 0.25) is 0 Å². The van der Waals surface area contributed by atoms with Crippen LogP contribution in [-0.2, 0) is 6.54 Å². The van der Waals surface area contributed by atoms with Gasteiger partial charge in [-0.3, -0.25) is 0 Å². The predicted molar refractivity (Wildman–Crippen MR) is 86.1 cm³/mol. The molecule has 0 aliphatic carbocycles. The number of benzene rings is 2. The lowest BCUT2D eigenvalue weighted by Gasteiger charge is -2.17. The predicted octanol–water partition coefficient (Wildman–Crippen LogP) is 3.76. The molecule has 0 amide bonds. The maximum atomic E-state index is 6.37. The van der Waals surface area contributed by atoms with Crippen molar-refractivity contribution in [2.45, 2.75) is 19.5 Å². The Morgan fingerprint density at radius 2 is 1.75 bits per heavy atom. The average Bonchev–Trinajstić information content (AvgIpc) is 2.41. The molecule has 2 nitrogen and oxygen atoms in total. The average molecular weight is 289 g/mol. The zero-order chi connectivity index (χ0) is 14.7. The Bertz CT molecular complexity index is 576. The summed E-state index contributed by atoms with van der Waals surface area (Å²) in [5.41, 5.74) is 11.0. The third-order valence-electron chi connectivity index (χ3n) is 3.41. The fourth-order valence-electron chi connectivity index (χ4n) is 2.32. The monoisotopic (exact) mass is 288 g/mol. The van der Waals surface area contributed by atoms with E-state index < -0.39 is 0 Å². The highest BCUT2D eigenvalue weighted by molar-refractivity contribution is 6.30. The quantitative estimate of drug-likeness (QED) is 0.928. The summed E-state index contributed by atoms with van der Waals surface area (Å²) in [6.07, 6.45) is 0. The number of rotatable bonds is 4. The molecule has 1 atom stereocenters. The first-order valence-electron chi connectivity index (χ1n) is 6.72. The van der Waals surface area contributed by atoms with Crippen molar-refractivity contribution in [3.8, 4) is 0 Å². The summed E-state index contributed by atoms with van der Waals surface area (Å²) in [5.74, 6) is 0. The summed E-state index contributed by atoms with van der Waals surface area (Å²) < 4.78 is 0. The molecule has 0 aliphatic heterocycles. The highest BCUT2D eigenvalue weighted by atomic mass is 35.5. The van der Waals surface area contributed by atoms with E-state index in [1.54, 1.807) is 0 Å². The largest absolute Gasteiger partial charge is 0.320 e. The van der Waals surface area contributed by atoms with Crippen LogP contribution in [0.1, 0.15) is 28.3 Å². The zero-order valence-electron chi connectivity index (χ0n) is 12.2. The molecular weight excluding hydrogens is 268 g/mol. The lowest BCUT2D eigenvalue weighted by atomic mass is 9.95. The summed E-state index contributed by atoms with van der Waals surface area (Å²) in [6, 6.07) is 14.2. The minimum Gasteiger partial charge on any atom is -0.320 e. The van der Waals surface area contributed by atoms with Crippen molar-refractivity contribution in [2.24, 2.45) is 5.73 Å². The molecule has 0 saturated carbocycles. The fourth-order valence-corrected chi connectivity index (χ4v) is 2.50. The Hall–Kier alpha value is -1.35. The topological polar surface area (TPSA) is 29.3 Å². The normalized spacial score (nSPS) is 12.7. The molecule has 0 fully saturated rings. The van der Waals surface area contributed by atoms with Crippen LogP contribution >= 0.6 is 11.6 Å². The van der Waals surface area contributed by atoms with Crippen molar-refractivity contribution in [3.63, 3.8) is 0 Å². The first-order chi connectivity index (χ1) is 9.47. The molecule has 2 N–H and O–H groups in total. The number of nitrogens with zero attached hydrogens (tertiary/aromatic N) is 1. The Balaban J connectivity index is 2.24. The summed E-state index contributed by atoms with van der Waals surface area (Å²) >= 11 is 6.07. The molecule has 20 heavy (non-hydrogen) atoms. The van der Waals surface area contributed by atoms with Gasteiger partial charge in [-0.1, -0.05) is 41.9 Å². The molecule has 0 radical (unpaired) electrons. The highest BCUT2D eigenvalue weighted by Crippen LogP contribution is 2.25. The second kappa shape index (κ2) is 6.40. The number of aryl methyl sites for hydroxylation is 1. The van der Waals surface area contributed by atoms with Crippen molar-refractivity contribution in [3.05, 3.63) is 69.7 Å². The molecular formula is C17H21ClN2. The third kappa shape index (κ3) is 3.60. The van der Waals surface area contributed by atoms with Gasteiger partial charge in [-0.15, -0.1) is 0 Å². The van der Waals surface area contributed by atoms with Crippen molar-refractivity contribution < 1.29 is 0 Å². The van der Waals surface area contributed by atoms with Crippen molar-refractivity contribution >= 4 is 11.6 Å². The van der Waals surface area contributed by atoms with Gasteiger partial charge >= 0.3 is 0 Å². The molecule has 0 bridgehead atoms. The lowest BCUT2D eigenvalue weighted by molar-refractivity contribution is 0.402. The van der Waals surface area contributed by atoms with Gasteiger partial charge in [0, 0.05) is 11.6 Å². The van der Waals surface area contributed by atoms with Crippen molar-refractivity contribution in [1.82, 2.24) is 4.90 Å². The van der Waals surface area contributed by atoms with E-state index in [0.29, 0.717) is 0 Å². The molecule has 1 unspecified atom stereocenters. The molecule has 2 aromatic rings. The second-order valence-electron chi connectivity index (χ2n) is 5.46. The van der Waals surface area contributed by atoms with Gasteiger partial charge in [0.25, 0.3) is 0 Å². The van der Waals surface area contributed by atoms with E-state index in [1.165, 1.54) is 11.1 Å². The van der Waals surface area contributed by atoms with E-state index in [4.69, 9.17) is 17.3 Å². The van der Waals surface area contributed by atoms with Gasteiger partial charge in [-0.05, 0) is 55.4 Å². The number of hydrogen-bond acceptors (Lipinski definition) is 2. The minimum atomic E-state index is -0.137. The second-order valence-corrected chi connectivity index (χ2v) is 5.89. The van der Waals surface area contributed by atoms with Gasteiger partial charge in [0.05, 0.1) is 6.04 Å². The van der Waals surface area contributed by atoms with E-state index in [0.717, 1.165) is 22.7 Å². The van der Waals surface area contributed by atoms with Gasteiger partial charge in [0.1, 0.15) is 0 Å². The number of hydrogen-bond donors (Lipinski definition) is 1. The fraction of sp³-hybridized carbons (Fsp3) is 0.294. The lowest BCUT2D eigenvalue weighted by Crippen LogP contribution is -2.14. The summed E-state index contributed by atoms with van der Waals surface area (Å²) in [7, 11) is 4.13. The third-order valence-corrected chi connectivity index (χ3v) is 3.65. The van der Waals surface area contributed by atoms with E-state index in [-0.39, 0.29) is 6.04 Å². The van der Waals surface area contributed by atoms with Crippen LogP contribution in [0.4, 0.5) is 0 Å². The molecule has 2 rings (SSSR count). The summed E-state index contributed by atoms with van der Waals surface area (Å²) in [4.78, 5) is 2.15. The maximum Gasteiger partial charge on any atom is 0.0554 e. The maximum absolute atomic E-state index is 6.37. The van der Waals surface area contributed by atoms with Crippen LogP contribution in [0.15, 0.2) is 42.5 Å². The number of nitrogens with two attached hydrogens (primary N) is 1. The first-order valence-corrected chi connectivity index (χ1v) is 7.10. The Labute approximate surface area is 126 Å². The van der Waals surface area contributed by atoms with E-state index in [2.05, 4.69) is 50.2 Å². The Morgan fingerprint density at radius 3 is 2.35 bits per heavy atom. The highest BCUT2D eigenvalue weighted by Gasteiger charge is 2.12. The van der Waals surface area contributed by atoms with Crippen LogP contribution < -0.4 is 5.73 Å². The Kier molecular flexibility index (Phi) is 4.81. The molecule has 0 saturated heterocycles. The Morgan fingerprint density at radius 1 is 1.10 bits per heavy atom. The van der Waals surface area contributed by atoms with Crippen molar-refractivity contribution in [2.75, 3.05) is 14.1 Å². The molecule has 106 valence electrons. The van der Waals surface area contributed by atoms with Gasteiger partial charge in [-0.25, -0.2) is 0 Å². The molecule has 0 aliphatic rings. The van der Waals surface area contributed by atoms with Gasteiger partial charge in [-0.2, -0.15) is 0 Å². The smallest absolute Gasteiger partial charge is 0.0554 e. The van der Waals surface area contributed by atoms with E-state index in [1.807, 2.05) is 18.2 Å². The standard InChI is InChI=1S/C17H21ClN2/c1-12-4-9-15(18)10-16(12)17(19)14-7-5-13(6-8-14)11-20(2)3/h4-10,17H,11,19H2,1-3H3.